The van der Waals surface area contributed by atoms with Gasteiger partial charge in [0, 0.05) is 21.4 Å². The van der Waals surface area contributed by atoms with E-state index in [0.717, 1.165) is 17.8 Å². The highest BCUT2D eigenvalue weighted by molar-refractivity contribution is 6.35. The fraction of sp³-hybridized carbons (Fsp3) is 0.118. The van der Waals surface area contributed by atoms with Crippen LogP contribution in [-0.4, -0.2) is 15.2 Å². The number of halogens is 2. The topological polar surface area (TPSA) is 62.7 Å². The lowest BCUT2D eigenvalue weighted by Crippen LogP contribution is -2.03. The van der Waals surface area contributed by atoms with Crippen LogP contribution in [0.1, 0.15) is 12.5 Å². The van der Waals surface area contributed by atoms with Gasteiger partial charge in [-0.2, -0.15) is 10.1 Å². The number of aromatic nitrogens is 3. The fourth-order valence-electron chi connectivity index (χ4n) is 2.26. The first-order valence-corrected chi connectivity index (χ1v) is 8.17. The minimum Gasteiger partial charge on any atom is -0.339 e. The second-order valence-electron chi connectivity index (χ2n) is 5.08. The van der Waals surface area contributed by atoms with Crippen molar-refractivity contribution >= 4 is 46.3 Å². The van der Waals surface area contributed by atoms with Crippen LogP contribution >= 0.6 is 23.2 Å². The molecule has 24 heavy (non-hydrogen) atoms. The summed E-state index contributed by atoms with van der Waals surface area (Å²) in [6.07, 6.45) is 2.45. The zero-order valence-corrected chi connectivity index (χ0v) is 14.4. The fourth-order valence-corrected chi connectivity index (χ4v) is 2.79. The van der Waals surface area contributed by atoms with Crippen molar-refractivity contribution in [3.05, 3.63) is 64.3 Å². The number of para-hydroxylation sites is 1. The van der Waals surface area contributed by atoms with E-state index in [1.165, 1.54) is 11.8 Å². The van der Waals surface area contributed by atoms with Crippen molar-refractivity contribution in [2.75, 3.05) is 10.6 Å². The maximum absolute atomic E-state index is 6.00. The molecule has 0 radical (unpaired) electrons. The monoisotopic (exact) mass is 359 g/mol. The molecule has 7 heteroatoms. The predicted octanol–water partition coefficient (Wildman–Crippen LogP) is 5.23. The number of hydrogen-bond donors (Lipinski definition) is 2. The Kier molecular flexibility index (Phi) is 5.13. The van der Waals surface area contributed by atoms with Gasteiger partial charge in [0.1, 0.15) is 0 Å². The highest BCUT2D eigenvalue weighted by Gasteiger charge is 2.05. The van der Waals surface area contributed by atoms with E-state index in [9.17, 15) is 0 Å². The predicted molar refractivity (Wildman–Crippen MR) is 98.7 cm³/mol. The molecule has 3 rings (SSSR count). The molecule has 0 aliphatic heterocycles. The molecule has 0 saturated heterocycles. The molecule has 1 aromatic heterocycles. The molecule has 0 aliphatic rings. The average molecular weight is 360 g/mol. The molecule has 0 aliphatic carbocycles. The van der Waals surface area contributed by atoms with Crippen LogP contribution in [0.3, 0.4) is 0 Å². The highest BCUT2D eigenvalue weighted by Crippen LogP contribution is 2.25. The van der Waals surface area contributed by atoms with Gasteiger partial charge in [0.2, 0.25) is 5.95 Å². The van der Waals surface area contributed by atoms with Crippen LogP contribution < -0.4 is 10.6 Å². The van der Waals surface area contributed by atoms with Gasteiger partial charge in [-0.15, -0.1) is 5.10 Å². The van der Waals surface area contributed by atoms with E-state index in [0.29, 0.717) is 21.8 Å². The van der Waals surface area contributed by atoms with Crippen molar-refractivity contribution in [1.29, 1.82) is 0 Å². The van der Waals surface area contributed by atoms with Gasteiger partial charge in [0.25, 0.3) is 0 Å². The molecule has 0 atom stereocenters. The largest absolute Gasteiger partial charge is 0.339 e. The Morgan fingerprint density at radius 1 is 1.00 bits per heavy atom. The lowest BCUT2D eigenvalue weighted by atomic mass is 10.1. The van der Waals surface area contributed by atoms with E-state index in [1.54, 1.807) is 18.2 Å². The van der Waals surface area contributed by atoms with Crippen molar-refractivity contribution in [3.8, 4) is 0 Å². The lowest BCUT2D eigenvalue weighted by Gasteiger charge is -2.10. The van der Waals surface area contributed by atoms with Gasteiger partial charge in [0.15, 0.2) is 5.82 Å². The highest BCUT2D eigenvalue weighted by atomic mass is 35.5. The normalized spacial score (nSPS) is 10.5. The Hall–Kier alpha value is -2.37. The summed E-state index contributed by atoms with van der Waals surface area (Å²) in [5.41, 5.74) is 2.87. The third-order valence-electron chi connectivity index (χ3n) is 3.34. The Balaban J connectivity index is 1.81. The number of nitrogens with one attached hydrogen (secondary N) is 2. The SMILES string of the molecule is CCc1ccccc1Nc1nncc(Nc2cc(Cl)cc(Cl)c2)n1. The van der Waals surface area contributed by atoms with E-state index >= 15 is 0 Å². The van der Waals surface area contributed by atoms with Gasteiger partial charge < -0.3 is 10.6 Å². The second-order valence-corrected chi connectivity index (χ2v) is 5.96. The molecule has 3 aromatic rings. The molecule has 0 fully saturated rings. The van der Waals surface area contributed by atoms with E-state index < -0.39 is 0 Å². The quantitative estimate of drug-likeness (QED) is 0.653. The van der Waals surface area contributed by atoms with Crippen LogP contribution in [0, 0.1) is 0 Å². The molecule has 0 saturated carbocycles. The minimum absolute atomic E-state index is 0.411. The number of rotatable bonds is 5. The number of benzene rings is 2. The van der Waals surface area contributed by atoms with Crippen LogP contribution in [0.5, 0.6) is 0 Å². The molecular weight excluding hydrogens is 345 g/mol. The molecule has 0 bridgehead atoms. The first-order valence-electron chi connectivity index (χ1n) is 7.42. The molecule has 2 aromatic carbocycles. The summed E-state index contributed by atoms with van der Waals surface area (Å²) in [5.74, 6) is 0.953. The van der Waals surface area contributed by atoms with Crippen molar-refractivity contribution in [3.63, 3.8) is 0 Å². The summed E-state index contributed by atoms with van der Waals surface area (Å²) in [4.78, 5) is 4.42. The maximum atomic E-state index is 6.00. The van der Waals surface area contributed by atoms with E-state index in [2.05, 4.69) is 38.8 Å². The molecule has 0 amide bonds. The minimum atomic E-state index is 0.411. The number of aryl methyl sites for hydroxylation is 1. The summed E-state index contributed by atoms with van der Waals surface area (Å²) in [5, 5.41) is 15.4. The molecule has 122 valence electrons. The summed E-state index contributed by atoms with van der Waals surface area (Å²) in [6, 6.07) is 13.2. The Morgan fingerprint density at radius 2 is 1.75 bits per heavy atom. The Bertz CT molecular complexity index is 834. The summed E-state index contributed by atoms with van der Waals surface area (Å²) in [7, 11) is 0. The summed E-state index contributed by atoms with van der Waals surface area (Å²) in [6.45, 7) is 2.10. The van der Waals surface area contributed by atoms with Crippen LogP contribution in [0.2, 0.25) is 10.0 Å². The van der Waals surface area contributed by atoms with Crippen molar-refractivity contribution < 1.29 is 0 Å². The standard InChI is InChI=1S/C17H15Cl2N5/c1-2-11-5-3-4-6-15(11)22-17-23-16(10-20-24-17)21-14-8-12(18)7-13(19)9-14/h3-10H,2H2,1H3,(H2,21,22,23,24). The molecular formula is C17H15Cl2N5. The molecule has 0 spiro atoms. The Morgan fingerprint density at radius 3 is 2.50 bits per heavy atom. The molecule has 0 unspecified atom stereocenters. The van der Waals surface area contributed by atoms with Crippen LogP contribution in [0.25, 0.3) is 0 Å². The molecule has 2 N–H and O–H groups in total. The van der Waals surface area contributed by atoms with Crippen molar-refractivity contribution in [2.45, 2.75) is 13.3 Å². The summed E-state index contributed by atoms with van der Waals surface area (Å²) >= 11 is 12.0. The second kappa shape index (κ2) is 7.47. The third-order valence-corrected chi connectivity index (χ3v) is 3.77. The van der Waals surface area contributed by atoms with Crippen molar-refractivity contribution in [2.24, 2.45) is 0 Å². The van der Waals surface area contributed by atoms with Gasteiger partial charge in [0.05, 0.1) is 6.20 Å². The van der Waals surface area contributed by atoms with E-state index in [-0.39, 0.29) is 0 Å². The lowest BCUT2D eigenvalue weighted by molar-refractivity contribution is 0.980. The van der Waals surface area contributed by atoms with E-state index in [4.69, 9.17) is 23.2 Å². The zero-order valence-electron chi connectivity index (χ0n) is 12.9. The van der Waals surface area contributed by atoms with Crippen LogP contribution in [0.4, 0.5) is 23.1 Å². The van der Waals surface area contributed by atoms with Crippen molar-refractivity contribution in [1.82, 2.24) is 15.2 Å². The number of anilines is 4. The molecule has 1 heterocycles. The van der Waals surface area contributed by atoms with Gasteiger partial charge in [-0.3, -0.25) is 0 Å². The molecule has 5 nitrogen and oxygen atoms in total. The van der Waals surface area contributed by atoms with Gasteiger partial charge in [-0.05, 0) is 36.2 Å². The van der Waals surface area contributed by atoms with Gasteiger partial charge >= 0.3 is 0 Å². The smallest absolute Gasteiger partial charge is 0.249 e. The van der Waals surface area contributed by atoms with Crippen LogP contribution in [-0.2, 0) is 6.42 Å². The Labute approximate surface area is 150 Å². The zero-order chi connectivity index (χ0) is 16.9. The van der Waals surface area contributed by atoms with Crippen LogP contribution in [0.15, 0.2) is 48.7 Å². The maximum Gasteiger partial charge on any atom is 0.249 e. The van der Waals surface area contributed by atoms with E-state index in [1.807, 2.05) is 18.2 Å². The van der Waals surface area contributed by atoms with Gasteiger partial charge in [-0.1, -0.05) is 48.3 Å². The first kappa shape index (κ1) is 16.5. The number of hydrogen-bond acceptors (Lipinski definition) is 5. The number of nitrogens with zero attached hydrogens (tertiary/aromatic N) is 3. The van der Waals surface area contributed by atoms with Gasteiger partial charge in [-0.25, -0.2) is 0 Å². The average Bonchev–Trinajstić information content (AvgIpc) is 2.55. The first-order chi connectivity index (χ1) is 11.6. The summed E-state index contributed by atoms with van der Waals surface area (Å²) < 4.78 is 0. The third kappa shape index (κ3) is 4.13.